The molecule has 0 saturated carbocycles. The minimum Gasteiger partial charge on any atom is -0.435 e. The molecule has 0 N–H and O–H groups in total. The van der Waals surface area contributed by atoms with Crippen LogP contribution in [-0.4, -0.2) is 22.1 Å². The van der Waals surface area contributed by atoms with Crippen molar-refractivity contribution in [2.45, 2.75) is 52.4 Å². The highest BCUT2D eigenvalue weighted by Crippen LogP contribution is 2.37. The van der Waals surface area contributed by atoms with Crippen LogP contribution in [0.25, 0.3) is 10.9 Å². The molecule has 0 bridgehead atoms. The van der Waals surface area contributed by atoms with Crippen molar-refractivity contribution in [2.24, 2.45) is 0 Å². The van der Waals surface area contributed by atoms with Crippen molar-refractivity contribution >= 4 is 10.9 Å². The van der Waals surface area contributed by atoms with Gasteiger partial charge in [-0.15, -0.1) is 0 Å². The number of fused-ring (bicyclic) bond motifs is 1. The average molecular weight is 371 g/mol. The number of alkyl halides is 2. The number of rotatable bonds is 6. The Balaban J connectivity index is 2.24. The van der Waals surface area contributed by atoms with Crippen molar-refractivity contribution < 1.29 is 13.5 Å². The van der Waals surface area contributed by atoms with Gasteiger partial charge in [0.15, 0.2) is 0 Å². The third-order valence-electron chi connectivity index (χ3n) is 4.72. The van der Waals surface area contributed by atoms with Gasteiger partial charge in [-0.05, 0) is 38.5 Å². The van der Waals surface area contributed by atoms with Gasteiger partial charge in [-0.3, -0.25) is 0 Å². The van der Waals surface area contributed by atoms with Crippen molar-refractivity contribution in [3.05, 3.63) is 53.9 Å². The zero-order valence-corrected chi connectivity index (χ0v) is 15.7. The van der Waals surface area contributed by atoms with Crippen LogP contribution in [0.4, 0.5) is 8.78 Å². The van der Waals surface area contributed by atoms with Gasteiger partial charge in [0, 0.05) is 30.2 Å². The van der Waals surface area contributed by atoms with Gasteiger partial charge in [0.2, 0.25) is 0 Å². The number of benzene rings is 1. The highest BCUT2D eigenvalue weighted by molar-refractivity contribution is 5.89. The summed E-state index contributed by atoms with van der Waals surface area (Å²) in [6, 6.07) is 7.28. The van der Waals surface area contributed by atoms with E-state index in [0.717, 1.165) is 23.0 Å². The molecule has 4 nitrogen and oxygen atoms in total. The summed E-state index contributed by atoms with van der Waals surface area (Å²) >= 11 is 0. The molecule has 1 unspecified atom stereocenters. The van der Waals surface area contributed by atoms with E-state index in [9.17, 15) is 14.0 Å². The molecule has 27 heavy (non-hydrogen) atoms. The van der Waals surface area contributed by atoms with E-state index in [-0.39, 0.29) is 17.8 Å². The first kappa shape index (κ1) is 19.0. The molecule has 0 aliphatic carbocycles. The van der Waals surface area contributed by atoms with E-state index < -0.39 is 6.61 Å². The van der Waals surface area contributed by atoms with Crippen LogP contribution in [0.1, 0.15) is 44.5 Å². The summed E-state index contributed by atoms with van der Waals surface area (Å²) in [5.41, 5.74) is 2.21. The number of aryl methyl sites for hydroxylation is 1. The van der Waals surface area contributed by atoms with Gasteiger partial charge in [0.25, 0.3) is 0 Å². The Bertz CT molecular complexity index is 922. The van der Waals surface area contributed by atoms with Crippen molar-refractivity contribution in [3.8, 4) is 11.8 Å². The quantitative estimate of drug-likeness (QED) is 0.686. The van der Waals surface area contributed by atoms with E-state index in [1.807, 2.05) is 18.4 Å². The molecular weight excluding hydrogens is 348 g/mol. The fourth-order valence-corrected chi connectivity index (χ4v) is 3.65. The van der Waals surface area contributed by atoms with Crippen molar-refractivity contribution in [3.63, 3.8) is 0 Å². The predicted molar refractivity (Wildman–Crippen MR) is 102 cm³/mol. The van der Waals surface area contributed by atoms with Crippen LogP contribution < -0.4 is 4.74 Å². The molecule has 1 aromatic carbocycles. The first-order valence-electron chi connectivity index (χ1n) is 9.11. The molecule has 142 valence electrons. The van der Waals surface area contributed by atoms with E-state index >= 15 is 0 Å². The van der Waals surface area contributed by atoms with Crippen LogP contribution in [-0.2, 0) is 6.54 Å². The molecular formula is C21H23F2N3O. The normalized spacial score (nSPS) is 16.5. The van der Waals surface area contributed by atoms with Crippen LogP contribution in [0.15, 0.2) is 42.6 Å². The summed E-state index contributed by atoms with van der Waals surface area (Å²) in [5.74, 6) is 0.100. The Kier molecular flexibility index (Phi) is 5.50. The molecule has 1 aromatic heterocycles. The third kappa shape index (κ3) is 3.55. The summed E-state index contributed by atoms with van der Waals surface area (Å²) in [6.45, 7) is 4.06. The van der Waals surface area contributed by atoms with Crippen molar-refractivity contribution in [1.29, 1.82) is 5.26 Å². The van der Waals surface area contributed by atoms with Crippen LogP contribution in [0.5, 0.6) is 5.75 Å². The van der Waals surface area contributed by atoms with Gasteiger partial charge in [-0.25, -0.2) is 0 Å². The minimum absolute atomic E-state index is 0.0944. The van der Waals surface area contributed by atoms with Gasteiger partial charge in [-0.2, -0.15) is 14.0 Å². The van der Waals surface area contributed by atoms with Gasteiger partial charge < -0.3 is 14.2 Å². The molecule has 0 amide bonds. The minimum atomic E-state index is -2.88. The first-order chi connectivity index (χ1) is 13.0. The van der Waals surface area contributed by atoms with Gasteiger partial charge in [-0.1, -0.05) is 19.1 Å². The fourth-order valence-electron chi connectivity index (χ4n) is 3.65. The Morgan fingerprint density at radius 2 is 2.04 bits per heavy atom. The number of nitriles is 1. The maximum absolute atomic E-state index is 12.6. The predicted octanol–water partition coefficient (Wildman–Crippen LogP) is 5.36. The van der Waals surface area contributed by atoms with Crippen LogP contribution >= 0.6 is 0 Å². The third-order valence-corrected chi connectivity index (χ3v) is 4.72. The van der Waals surface area contributed by atoms with E-state index in [1.54, 1.807) is 12.1 Å². The van der Waals surface area contributed by atoms with E-state index in [1.165, 1.54) is 6.07 Å². The second kappa shape index (κ2) is 7.83. The number of hydrogen-bond acceptors (Lipinski definition) is 3. The molecule has 0 fully saturated rings. The molecule has 1 aliphatic rings. The number of halogens is 2. The fraction of sp³-hybridized carbons (Fsp3) is 0.381. The number of ether oxygens (including phenoxy) is 1. The molecule has 2 aromatic rings. The zero-order chi connectivity index (χ0) is 19.6. The van der Waals surface area contributed by atoms with Gasteiger partial charge >= 0.3 is 6.61 Å². The van der Waals surface area contributed by atoms with Gasteiger partial charge in [0.05, 0.1) is 22.8 Å². The molecule has 6 heteroatoms. The summed E-state index contributed by atoms with van der Waals surface area (Å²) in [6.07, 6.45) is 8.90. The van der Waals surface area contributed by atoms with E-state index in [2.05, 4.69) is 47.1 Å². The largest absolute Gasteiger partial charge is 0.435 e. The van der Waals surface area contributed by atoms with Crippen molar-refractivity contribution in [1.82, 2.24) is 9.47 Å². The molecule has 3 rings (SSSR count). The van der Waals surface area contributed by atoms with E-state index in [0.29, 0.717) is 12.1 Å². The van der Waals surface area contributed by atoms with Crippen LogP contribution in [0, 0.1) is 11.3 Å². The number of allylic oxidation sites excluding steroid dienone is 2. The van der Waals surface area contributed by atoms with Crippen LogP contribution in [0.3, 0.4) is 0 Å². The number of aromatic nitrogens is 1. The Morgan fingerprint density at radius 3 is 2.67 bits per heavy atom. The summed E-state index contributed by atoms with van der Waals surface area (Å²) in [5, 5.41) is 10.7. The molecule has 1 aliphatic heterocycles. The Hall–Kier alpha value is -2.81. The smallest absolute Gasteiger partial charge is 0.387 e. The lowest BCUT2D eigenvalue weighted by Crippen LogP contribution is -2.32. The highest BCUT2D eigenvalue weighted by Gasteiger charge is 2.28. The average Bonchev–Trinajstić information content (AvgIpc) is 2.94. The lowest BCUT2D eigenvalue weighted by atomic mass is 10.0. The second-order valence-electron chi connectivity index (χ2n) is 6.79. The zero-order valence-electron chi connectivity index (χ0n) is 15.7. The molecule has 0 radical (unpaired) electrons. The summed E-state index contributed by atoms with van der Waals surface area (Å²) in [7, 11) is 0. The highest BCUT2D eigenvalue weighted by atomic mass is 19.3. The van der Waals surface area contributed by atoms with Gasteiger partial charge in [0.1, 0.15) is 11.8 Å². The topological polar surface area (TPSA) is 41.2 Å². The molecule has 0 spiro atoms. The monoisotopic (exact) mass is 371 g/mol. The SMILES string of the molecule is CCCn1c(C2C=CC=CN2C(C)C)c(C#N)c2ccc(OC(F)F)cc21. The molecule has 0 saturated heterocycles. The molecule has 2 heterocycles. The maximum Gasteiger partial charge on any atom is 0.387 e. The summed E-state index contributed by atoms with van der Waals surface area (Å²) < 4.78 is 31.9. The lowest BCUT2D eigenvalue weighted by Gasteiger charge is -2.35. The Labute approximate surface area is 157 Å². The number of nitrogens with zero attached hydrogens (tertiary/aromatic N) is 3. The standard InChI is InChI=1S/C21H23F2N3O/c1-4-10-26-19-12-15(27-21(22)23)8-9-16(19)17(13-24)20(26)18-7-5-6-11-25(18)14(2)3/h5-9,11-12,14,18,21H,4,10H2,1-3H3. The maximum atomic E-state index is 12.6. The van der Waals surface area contributed by atoms with Crippen molar-refractivity contribution in [2.75, 3.05) is 0 Å². The second-order valence-corrected chi connectivity index (χ2v) is 6.79. The lowest BCUT2D eigenvalue weighted by molar-refractivity contribution is -0.0497. The number of hydrogen-bond donors (Lipinski definition) is 0. The first-order valence-corrected chi connectivity index (χ1v) is 9.11. The molecule has 1 atom stereocenters. The summed E-state index contributed by atoms with van der Waals surface area (Å²) in [4.78, 5) is 2.19. The Morgan fingerprint density at radius 1 is 1.26 bits per heavy atom. The van der Waals surface area contributed by atoms with E-state index in [4.69, 9.17) is 0 Å². The van der Waals surface area contributed by atoms with Crippen LogP contribution in [0.2, 0.25) is 0 Å².